The van der Waals surface area contributed by atoms with Crippen molar-refractivity contribution in [3.8, 4) is 0 Å². The van der Waals surface area contributed by atoms with Crippen molar-refractivity contribution in [2.45, 2.75) is 18.1 Å². The van der Waals surface area contributed by atoms with E-state index in [2.05, 4.69) is 41.6 Å². The van der Waals surface area contributed by atoms with Crippen molar-refractivity contribution in [3.63, 3.8) is 0 Å². The zero-order valence-corrected chi connectivity index (χ0v) is 12.2. The van der Waals surface area contributed by atoms with E-state index in [0.717, 1.165) is 18.6 Å². The number of rotatable bonds is 7. The van der Waals surface area contributed by atoms with Crippen molar-refractivity contribution in [1.29, 1.82) is 0 Å². The summed E-state index contributed by atoms with van der Waals surface area (Å²) in [5, 5.41) is 12.2. The quantitative estimate of drug-likeness (QED) is 0.473. The van der Waals surface area contributed by atoms with E-state index in [4.69, 9.17) is 5.21 Å². The van der Waals surface area contributed by atoms with Gasteiger partial charge in [-0.1, -0.05) is 60.7 Å². The summed E-state index contributed by atoms with van der Waals surface area (Å²) in [5.74, 6) is 1.02. The van der Waals surface area contributed by atoms with Crippen LogP contribution < -0.4 is 0 Å². The molecule has 0 aliphatic rings. The fraction of sp³-hybridized carbons (Fsp3) is 0.235. The molecule has 0 fully saturated rings. The van der Waals surface area contributed by atoms with Crippen molar-refractivity contribution < 1.29 is 5.21 Å². The third-order valence-electron chi connectivity index (χ3n) is 3.08. The summed E-state index contributed by atoms with van der Waals surface area (Å²) >= 11 is 1.83. The molecular formula is C17H19NOS. The zero-order valence-electron chi connectivity index (χ0n) is 11.4. The first-order valence-corrected chi connectivity index (χ1v) is 7.80. The van der Waals surface area contributed by atoms with Crippen molar-refractivity contribution >= 4 is 18.0 Å². The second-order valence-electron chi connectivity index (χ2n) is 4.60. The molecule has 0 spiro atoms. The first-order valence-electron chi connectivity index (χ1n) is 6.75. The van der Waals surface area contributed by atoms with Crippen molar-refractivity contribution in [2.75, 3.05) is 5.75 Å². The van der Waals surface area contributed by atoms with E-state index < -0.39 is 0 Å². The number of nitrogens with zero attached hydrogens (tertiary/aromatic N) is 1. The second-order valence-corrected chi connectivity index (χ2v) is 5.95. The molecule has 2 aromatic rings. The van der Waals surface area contributed by atoms with Gasteiger partial charge in [0, 0.05) is 5.25 Å². The number of benzene rings is 2. The number of hydrogen-bond donors (Lipinski definition) is 1. The average Bonchev–Trinajstić information content (AvgIpc) is 2.49. The second kappa shape index (κ2) is 8.43. The van der Waals surface area contributed by atoms with E-state index in [-0.39, 0.29) is 5.25 Å². The summed E-state index contributed by atoms with van der Waals surface area (Å²) in [5.41, 5.74) is 2.61. The van der Waals surface area contributed by atoms with Crippen LogP contribution in [-0.4, -0.2) is 22.4 Å². The third kappa shape index (κ3) is 5.10. The summed E-state index contributed by atoms with van der Waals surface area (Å²) in [6.45, 7) is 0. The van der Waals surface area contributed by atoms with Crippen molar-refractivity contribution in [3.05, 3.63) is 71.8 Å². The molecule has 0 radical (unpaired) electrons. The molecule has 0 saturated carbocycles. The van der Waals surface area contributed by atoms with Crippen LogP contribution in [0, 0.1) is 0 Å². The molecule has 0 heterocycles. The Balaban J connectivity index is 1.83. The molecule has 1 atom stereocenters. The minimum absolute atomic E-state index is 0.214. The third-order valence-corrected chi connectivity index (χ3v) is 4.23. The molecular weight excluding hydrogens is 266 g/mol. The number of aryl methyl sites for hydroxylation is 1. The molecule has 1 unspecified atom stereocenters. The summed E-state index contributed by atoms with van der Waals surface area (Å²) in [6.07, 6.45) is 3.56. The van der Waals surface area contributed by atoms with Crippen LogP contribution in [0.15, 0.2) is 65.8 Å². The van der Waals surface area contributed by atoms with Crippen LogP contribution in [0.1, 0.15) is 11.1 Å². The molecule has 0 aliphatic carbocycles. The Morgan fingerprint density at radius 2 is 1.55 bits per heavy atom. The molecule has 2 rings (SSSR count). The normalized spacial score (nSPS) is 12.6. The predicted molar refractivity (Wildman–Crippen MR) is 86.8 cm³/mol. The van der Waals surface area contributed by atoms with Gasteiger partial charge in [0.15, 0.2) is 0 Å². The highest BCUT2D eigenvalue weighted by molar-refractivity contribution is 8.00. The number of hydrogen-bond acceptors (Lipinski definition) is 3. The number of oxime groups is 1. The van der Waals surface area contributed by atoms with E-state index in [9.17, 15) is 0 Å². The average molecular weight is 285 g/mol. The minimum atomic E-state index is 0.214. The van der Waals surface area contributed by atoms with E-state index >= 15 is 0 Å². The van der Waals surface area contributed by atoms with Crippen LogP contribution in [0.25, 0.3) is 0 Å². The molecule has 104 valence electrons. The Kier molecular flexibility index (Phi) is 6.18. The fourth-order valence-corrected chi connectivity index (χ4v) is 3.16. The molecule has 0 amide bonds. The van der Waals surface area contributed by atoms with Gasteiger partial charge in [-0.25, -0.2) is 0 Å². The maximum Gasteiger partial charge on any atom is 0.0569 e. The maximum absolute atomic E-state index is 8.79. The van der Waals surface area contributed by atoms with E-state index in [1.54, 1.807) is 6.21 Å². The molecule has 20 heavy (non-hydrogen) atoms. The standard InChI is InChI=1S/C17H19NOS/c19-18-14-17(13-16-9-5-2-6-10-16)20-12-11-15-7-3-1-4-8-15/h1-10,14,17,19H,11-13H2/b18-14+. The Bertz CT molecular complexity index is 513. The predicted octanol–water partition coefficient (Wildman–Crippen LogP) is 4.03. The van der Waals surface area contributed by atoms with Crippen LogP contribution in [0.5, 0.6) is 0 Å². The first-order chi connectivity index (χ1) is 9.88. The lowest BCUT2D eigenvalue weighted by atomic mass is 10.1. The molecule has 0 aromatic heterocycles. The SMILES string of the molecule is O/N=C/C(Cc1ccccc1)SCCc1ccccc1. The highest BCUT2D eigenvalue weighted by atomic mass is 32.2. The van der Waals surface area contributed by atoms with E-state index in [1.807, 2.05) is 36.0 Å². The van der Waals surface area contributed by atoms with Gasteiger partial charge in [-0.05, 0) is 29.7 Å². The molecule has 1 N–H and O–H groups in total. The lowest BCUT2D eigenvalue weighted by Crippen LogP contribution is -2.10. The Labute approximate surface area is 124 Å². The molecule has 2 nitrogen and oxygen atoms in total. The molecule has 0 aliphatic heterocycles. The summed E-state index contributed by atoms with van der Waals surface area (Å²) in [4.78, 5) is 0. The monoisotopic (exact) mass is 285 g/mol. The Morgan fingerprint density at radius 3 is 2.15 bits per heavy atom. The van der Waals surface area contributed by atoms with Crippen molar-refractivity contribution in [1.82, 2.24) is 0 Å². The first kappa shape index (κ1) is 14.7. The summed E-state index contributed by atoms with van der Waals surface area (Å²) in [6, 6.07) is 20.8. The van der Waals surface area contributed by atoms with Crippen LogP contribution in [0.2, 0.25) is 0 Å². The lowest BCUT2D eigenvalue weighted by molar-refractivity contribution is 0.320. The van der Waals surface area contributed by atoms with Gasteiger partial charge < -0.3 is 5.21 Å². The van der Waals surface area contributed by atoms with E-state index in [0.29, 0.717) is 0 Å². The molecule has 3 heteroatoms. The Morgan fingerprint density at radius 1 is 0.950 bits per heavy atom. The highest BCUT2D eigenvalue weighted by Gasteiger charge is 2.08. The topological polar surface area (TPSA) is 32.6 Å². The van der Waals surface area contributed by atoms with Gasteiger partial charge in [-0.3, -0.25) is 0 Å². The van der Waals surface area contributed by atoms with Crippen LogP contribution in [0.4, 0.5) is 0 Å². The van der Waals surface area contributed by atoms with Gasteiger partial charge in [0.1, 0.15) is 0 Å². The van der Waals surface area contributed by atoms with Gasteiger partial charge in [0.05, 0.1) is 6.21 Å². The molecule has 0 saturated heterocycles. The van der Waals surface area contributed by atoms with Gasteiger partial charge in [-0.2, -0.15) is 11.8 Å². The van der Waals surface area contributed by atoms with Crippen LogP contribution >= 0.6 is 11.8 Å². The lowest BCUT2D eigenvalue weighted by Gasteiger charge is -2.11. The van der Waals surface area contributed by atoms with Crippen molar-refractivity contribution in [2.24, 2.45) is 5.16 Å². The largest absolute Gasteiger partial charge is 0.411 e. The van der Waals surface area contributed by atoms with Gasteiger partial charge in [0.2, 0.25) is 0 Å². The molecule has 0 bridgehead atoms. The Hall–Kier alpha value is -1.74. The van der Waals surface area contributed by atoms with E-state index in [1.165, 1.54) is 11.1 Å². The molecule has 2 aromatic carbocycles. The summed E-state index contributed by atoms with van der Waals surface area (Å²) < 4.78 is 0. The smallest absolute Gasteiger partial charge is 0.0569 e. The van der Waals surface area contributed by atoms with Gasteiger partial charge in [-0.15, -0.1) is 5.16 Å². The number of thioether (sulfide) groups is 1. The zero-order chi connectivity index (χ0) is 14.0. The fourth-order valence-electron chi connectivity index (χ4n) is 2.05. The summed E-state index contributed by atoms with van der Waals surface area (Å²) in [7, 11) is 0. The highest BCUT2D eigenvalue weighted by Crippen LogP contribution is 2.17. The maximum atomic E-state index is 8.79. The van der Waals surface area contributed by atoms with Crippen LogP contribution in [0.3, 0.4) is 0 Å². The van der Waals surface area contributed by atoms with Gasteiger partial charge in [0.25, 0.3) is 0 Å². The van der Waals surface area contributed by atoms with Gasteiger partial charge >= 0.3 is 0 Å². The minimum Gasteiger partial charge on any atom is -0.411 e. The van der Waals surface area contributed by atoms with Crippen LogP contribution in [-0.2, 0) is 12.8 Å².